The molecule has 2 heterocycles. The van der Waals surface area contributed by atoms with Gasteiger partial charge in [0.05, 0.1) is 0 Å². The van der Waals surface area contributed by atoms with E-state index in [0.29, 0.717) is 6.42 Å². The van der Waals surface area contributed by atoms with Crippen molar-refractivity contribution in [3.05, 3.63) is 23.9 Å². The minimum atomic E-state index is -4.49. The number of nitrogen functional groups attached to an aromatic ring is 1. The van der Waals surface area contributed by atoms with Crippen molar-refractivity contribution in [2.24, 2.45) is 5.84 Å². The summed E-state index contributed by atoms with van der Waals surface area (Å²) in [6.45, 7) is 0.138. The zero-order valence-corrected chi connectivity index (χ0v) is 11.5. The zero-order chi connectivity index (χ0) is 16.3. The minimum absolute atomic E-state index is 0.00658. The lowest BCUT2D eigenvalue weighted by Gasteiger charge is -2.30. The summed E-state index contributed by atoms with van der Waals surface area (Å²) in [5.74, 6) is 5.40. The molecule has 1 aliphatic heterocycles. The van der Waals surface area contributed by atoms with Crippen molar-refractivity contribution in [2.45, 2.75) is 24.7 Å². The van der Waals surface area contributed by atoms with Crippen LogP contribution in [0.2, 0.25) is 0 Å². The molecule has 22 heavy (non-hydrogen) atoms. The highest BCUT2D eigenvalue weighted by molar-refractivity contribution is 5.64. The first kappa shape index (κ1) is 16.3. The monoisotopic (exact) mass is 319 g/mol. The first-order chi connectivity index (χ1) is 10.3. The van der Waals surface area contributed by atoms with Crippen LogP contribution in [0.3, 0.4) is 0 Å². The molecule has 1 fully saturated rings. The number of aromatic nitrogens is 1. The van der Waals surface area contributed by atoms with Crippen molar-refractivity contribution >= 4 is 11.9 Å². The van der Waals surface area contributed by atoms with Crippen LogP contribution >= 0.6 is 0 Å². The van der Waals surface area contributed by atoms with Crippen LogP contribution in [0.1, 0.15) is 18.0 Å². The van der Waals surface area contributed by atoms with Crippen LogP contribution in [-0.2, 0) is 0 Å². The molecular weight excluding hydrogens is 303 g/mol. The Morgan fingerprint density at radius 1 is 1.50 bits per heavy atom. The SMILES string of the molecule is NNc1ccc([C@H](N2CCC(NC(=O)O)C2)C(F)(F)F)cn1. The third-order valence-electron chi connectivity index (χ3n) is 3.47. The number of alkyl halides is 3. The van der Waals surface area contributed by atoms with Crippen LogP contribution in [0.25, 0.3) is 0 Å². The van der Waals surface area contributed by atoms with Gasteiger partial charge in [0, 0.05) is 25.3 Å². The average molecular weight is 319 g/mol. The normalized spacial score (nSPS) is 20.6. The average Bonchev–Trinajstić information content (AvgIpc) is 2.85. The van der Waals surface area contributed by atoms with Gasteiger partial charge in [0.25, 0.3) is 0 Å². The molecule has 122 valence electrons. The molecule has 5 N–H and O–H groups in total. The predicted molar refractivity (Wildman–Crippen MR) is 72.0 cm³/mol. The molecule has 1 saturated heterocycles. The lowest BCUT2D eigenvalue weighted by molar-refractivity contribution is -0.183. The Morgan fingerprint density at radius 2 is 2.23 bits per heavy atom. The Morgan fingerprint density at radius 3 is 2.73 bits per heavy atom. The topological polar surface area (TPSA) is 104 Å². The van der Waals surface area contributed by atoms with Crippen molar-refractivity contribution in [1.82, 2.24) is 15.2 Å². The van der Waals surface area contributed by atoms with Gasteiger partial charge in [0.2, 0.25) is 0 Å². The third kappa shape index (κ3) is 3.77. The molecule has 1 aliphatic rings. The first-order valence-electron chi connectivity index (χ1n) is 6.54. The molecule has 0 saturated carbocycles. The number of halogens is 3. The Hall–Kier alpha value is -2.07. The highest BCUT2D eigenvalue weighted by atomic mass is 19.4. The fourth-order valence-corrected chi connectivity index (χ4v) is 2.57. The number of rotatable bonds is 4. The van der Waals surface area contributed by atoms with E-state index in [0.717, 1.165) is 6.20 Å². The molecule has 1 aromatic heterocycles. The fraction of sp³-hybridized carbons (Fsp3) is 0.500. The highest BCUT2D eigenvalue weighted by Gasteiger charge is 2.47. The molecule has 0 aromatic carbocycles. The van der Waals surface area contributed by atoms with Crippen LogP contribution in [-0.4, -0.2) is 46.4 Å². The Labute approximate surface area is 124 Å². The Bertz CT molecular complexity index is 522. The number of likely N-dealkylation sites (tertiary alicyclic amines) is 1. The van der Waals surface area contributed by atoms with Crippen LogP contribution in [0.15, 0.2) is 18.3 Å². The van der Waals surface area contributed by atoms with Gasteiger partial charge in [-0.1, -0.05) is 6.07 Å². The summed E-state index contributed by atoms with van der Waals surface area (Å²) in [5.41, 5.74) is 2.24. The molecule has 0 radical (unpaired) electrons. The predicted octanol–water partition coefficient (Wildman–Crippen LogP) is 1.31. The lowest BCUT2D eigenvalue weighted by atomic mass is 10.1. The van der Waals surface area contributed by atoms with Gasteiger partial charge in [0.15, 0.2) is 0 Å². The van der Waals surface area contributed by atoms with Crippen LogP contribution in [0, 0.1) is 0 Å². The van der Waals surface area contributed by atoms with E-state index < -0.39 is 24.4 Å². The number of hydrogen-bond donors (Lipinski definition) is 4. The molecule has 2 atom stereocenters. The summed E-state index contributed by atoms with van der Waals surface area (Å²) in [7, 11) is 0. The summed E-state index contributed by atoms with van der Waals surface area (Å²) in [4.78, 5) is 15.6. The van der Waals surface area contributed by atoms with E-state index in [-0.39, 0.29) is 24.5 Å². The second-order valence-corrected chi connectivity index (χ2v) is 5.00. The smallest absolute Gasteiger partial charge is 0.408 e. The number of pyridine rings is 1. The molecule has 0 bridgehead atoms. The number of hydrazine groups is 1. The number of amides is 1. The minimum Gasteiger partial charge on any atom is -0.465 e. The molecule has 2 rings (SSSR count). The number of anilines is 1. The van der Waals surface area contributed by atoms with Gasteiger partial charge in [-0.25, -0.2) is 15.6 Å². The van der Waals surface area contributed by atoms with Gasteiger partial charge in [-0.15, -0.1) is 0 Å². The zero-order valence-electron chi connectivity index (χ0n) is 11.5. The van der Waals surface area contributed by atoms with Crippen molar-refractivity contribution in [2.75, 3.05) is 18.5 Å². The van der Waals surface area contributed by atoms with Gasteiger partial charge in [-0.2, -0.15) is 13.2 Å². The number of carbonyl (C=O) groups is 1. The van der Waals surface area contributed by atoms with Gasteiger partial charge in [-0.3, -0.25) is 4.90 Å². The van der Waals surface area contributed by atoms with Gasteiger partial charge in [0.1, 0.15) is 11.9 Å². The van der Waals surface area contributed by atoms with Crippen molar-refractivity contribution in [1.29, 1.82) is 0 Å². The van der Waals surface area contributed by atoms with Crippen LogP contribution < -0.4 is 16.6 Å². The Balaban J connectivity index is 2.18. The van der Waals surface area contributed by atoms with E-state index in [4.69, 9.17) is 10.9 Å². The first-order valence-corrected chi connectivity index (χ1v) is 6.54. The summed E-state index contributed by atoms with van der Waals surface area (Å²) < 4.78 is 40.1. The van der Waals surface area contributed by atoms with E-state index >= 15 is 0 Å². The van der Waals surface area contributed by atoms with Gasteiger partial charge < -0.3 is 15.8 Å². The molecule has 10 heteroatoms. The summed E-state index contributed by atoms with van der Waals surface area (Å²) >= 11 is 0. The lowest BCUT2D eigenvalue weighted by Crippen LogP contribution is -2.40. The van der Waals surface area contributed by atoms with Crippen molar-refractivity contribution in [3.63, 3.8) is 0 Å². The maximum absolute atomic E-state index is 13.4. The largest absolute Gasteiger partial charge is 0.465 e. The van der Waals surface area contributed by atoms with E-state index in [2.05, 4.69) is 15.7 Å². The fourth-order valence-electron chi connectivity index (χ4n) is 2.57. The molecule has 0 aliphatic carbocycles. The molecule has 0 spiro atoms. The summed E-state index contributed by atoms with van der Waals surface area (Å²) in [6.07, 6.45) is -4.28. The van der Waals surface area contributed by atoms with Gasteiger partial charge in [-0.05, 0) is 18.1 Å². The highest BCUT2D eigenvalue weighted by Crippen LogP contribution is 2.39. The maximum Gasteiger partial charge on any atom is 0.408 e. The molecule has 1 amide bonds. The number of hydrogen-bond acceptors (Lipinski definition) is 5. The van der Waals surface area contributed by atoms with E-state index in [9.17, 15) is 18.0 Å². The Kier molecular flexibility index (Phi) is 4.71. The maximum atomic E-state index is 13.4. The summed E-state index contributed by atoms with van der Waals surface area (Å²) in [5, 5.41) is 10.9. The number of carboxylic acid groups (broad SMARTS) is 1. The number of nitrogens with one attached hydrogen (secondary N) is 2. The molecule has 7 nitrogen and oxygen atoms in total. The molecule has 1 aromatic rings. The van der Waals surface area contributed by atoms with Gasteiger partial charge >= 0.3 is 12.3 Å². The molecular formula is C12H16F3N5O2. The number of nitrogens with two attached hydrogens (primary N) is 1. The standard InChI is InChI=1S/C12H16F3N5O2/c13-12(14,15)10(7-1-2-9(19-16)17-5-7)20-4-3-8(6-20)18-11(21)22/h1-2,5,8,10,18H,3-4,6,16H2,(H,17,19)(H,21,22)/t8?,10-/m0/s1. The summed E-state index contributed by atoms with van der Waals surface area (Å²) in [6, 6.07) is 0.322. The van der Waals surface area contributed by atoms with E-state index in [1.54, 1.807) is 0 Å². The molecule has 1 unspecified atom stereocenters. The van der Waals surface area contributed by atoms with Crippen molar-refractivity contribution < 1.29 is 23.1 Å². The van der Waals surface area contributed by atoms with Crippen LogP contribution in [0.5, 0.6) is 0 Å². The quantitative estimate of drug-likeness (QED) is 0.493. The third-order valence-corrected chi connectivity index (χ3v) is 3.47. The van der Waals surface area contributed by atoms with E-state index in [1.807, 2.05) is 0 Å². The van der Waals surface area contributed by atoms with Crippen LogP contribution in [0.4, 0.5) is 23.8 Å². The second-order valence-electron chi connectivity index (χ2n) is 5.00. The number of nitrogens with zero attached hydrogens (tertiary/aromatic N) is 2. The van der Waals surface area contributed by atoms with Crippen molar-refractivity contribution in [3.8, 4) is 0 Å². The van der Waals surface area contributed by atoms with E-state index in [1.165, 1.54) is 17.0 Å². The second kappa shape index (κ2) is 6.36.